The third-order valence-electron chi connectivity index (χ3n) is 3.82. The van der Waals surface area contributed by atoms with Gasteiger partial charge in [0.25, 0.3) is 0 Å². The van der Waals surface area contributed by atoms with Gasteiger partial charge in [-0.3, -0.25) is 0 Å². The van der Waals surface area contributed by atoms with Crippen LogP contribution < -0.4 is 0 Å². The van der Waals surface area contributed by atoms with Crippen LogP contribution in [0.3, 0.4) is 0 Å². The highest BCUT2D eigenvalue weighted by atomic mass is 16.4. The van der Waals surface area contributed by atoms with Crippen molar-refractivity contribution in [3.8, 4) is 0 Å². The number of hydrogen-bond donors (Lipinski definition) is 2. The van der Waals surface area contributed by atoms with Gasteiger partial charge in [-0.05, 0) is 13.8 Å². The largest absolute Gasteiger partial charge is 0.476 e. The molecule has 2 N–H and O–H groups in total. The highest BCUT2D eigenvalue weighted by Gasteiger charge is 2.38. The molecule has 9 nitrogen and oxygen atoms in total. The number of likely N-dealkylation sites (N-methyl/N-ethyl adjacent to an activating group) is 1. The number of urea groups is 1. The molecule has 9 heteroatoms. The summed E-state index contributed by atoms with van der Waals surface area (Å²) in [4.78, 5) is 26.1. The summed E-state index contributed by atoms with van der Waals surface area (Å²) >= 11 is 0. The van der Waals surface area contributed by atoms with Gasteiger partial charge < -0.3 is 20.0 Å². The first-order valence-electron chi connectivity index (χ1n) is 6.55. The van der Waals surface area contributed by atoms with Crippen LogP contribution in [0, 0.1) is 0 Å². The maximum atomic E-state index is 12.2. The summed E-state index contributed by atoms with van der Waals surface area (Å²) in [5.41, 5.74) is -0.746. The lowest BCUT2D eigenvalue weighted by molar-refractivity contribution is 0.0487. The second-order valence-electron chi connectivity index (χ2n) is 5.76. The Kier molecular flexibility index (Phi) is 3.86. The molecule has 0 aliphatic carbocycles. The number of rotatable bonds is 4. The monoisotopic (exact) mass is 297 g/mol. The Labute approximate surface area is 121 Å². The molecule has 1 aliphatic rings. The third-order valence-corrected chi connectivity index (χ3v) is 3.82. The average Bonchev–Trinajstić information content (AvgIpc) is 2.85. The molecule has 0 bridgehead atoms. The zero-order chi connectivity index (χ0) is 15.8. The number of likely N-dealkylation sites (tertiary alicyclic amines) is 1. The van der Waals surface area contributed by atoms with E-state index in [2.05, 4.69) is 10.3 Å². The van der Waals surface area contributed by atoms with Crippen LogP contribution in [0.2, 0.25) is 0 Å². The van der Waals surface area contributed by atoms with E-state index >= 15 is 0 Å². The van der Waals surface area contributed by atoms with Gasteiger partial charge in [0, 0.05) is 20.1 Å². The van der Waals surface area contributed by atoms with Crippen LogP contribution in [-0.4, -0.2) is 79.3 Å². The Balaban J connectivity index is 1.94. The summed E-state index contributed by atoms with van der Waals surface area (Å²) in [6, 6.07) is -0.246. The van der Waals surface area contributed by atoms with Gasteiger partial charge in [-0.25, -0.2) is 14.3 Å². The molecule has 0 atom stereocenters. The van der Waals surface area contributed by atoms with Crippen molar-refractivity contribution in [1.82, 2.24) is 24.8 Å². The average molecular weight is 297 g/mol. The highest BCUT2D eigenvalue weighted by Crippen LogP contribution is 2.24. The molecule has 0 spiro atoms. The molecule has 0 radical (unpaired) electrons. The molecule has 1 aromatic heterocycles. The van der Waals surface area contributed by atoms with Gasteiger partial charge in [0.2, 0.25) is 0 Å². The minimum absolute atomic E-state index is 0.0693. The molecule has 0 aromatic carbocycles. The molecule has 2 heterocycles. The van der Waals surface area contributed by atoms with Gasteiger partial charge in [0.1, 0.15) is 0 Å². The van der Waals surface area contributed by atoms with E-state index in [1.165, 1.54) is 15.8 Å². The van der Waals surface area contributed by atoms with Crippen molar-refractivity contribution < 1.29 is 19.8 Å². The lowest BCUT2D eigenvalue weighted by Gasteiger charge is -2.44. The van der Waals surface area contributed by atoms with Crippen LogP contribution in [0.4, 0.5) is 4.79 Å². The fourth-order valence-corrected chi connectivity index (χ4v) is 1.91. The summed E-state index contributed by atoms with van der Waals surface area (Å²) in [6.07, 6.45) is 1.36. The van der Waals surface area contributed by atoms with Crippen molar-refractivity contribution in [2.24, 2.45) is 0 Å². The quantitative estimate of drug-likeness (QED) is 0.786. The highest BCUT2D eigenvalue weighted by molar-refractivity contribution is 5.84. The van der Waals surface area contributed by atoms with Gasteiger partial charge >= 0.3 is 12.0 Å². The van der Waals surface area contributed by atoms with E-state index in [0.717, 1.165) is 0 Å². The van der Waals surface area contributed by atoms with Gasteiger partial charge in [-0.15, -0.1) is 5.10 Å². The molecule has 1 aliphatic heterocycles. The van der Waals surface area contributed by atoms with Crippen molar-refractivity contribution in [3.63, 3.8) is 0 Å². The lowest BCUT2D eigenvalue weighted by Crippen LogP contribution is -2.59. The fourth-order valence-electron chi connectivity index (χ4n) is 1.91. The maximum Gasteiger partial charge on any atom is 0.358 e. The van der Waals surface area contributed by atoms with E-state index in [4.69, 9.17) is 5.11 Å². The second kappa shape index (κ2) is 5.32. The molecule has 21 heavy (non-hydrogen) atoms. The van der Waals surface area contributed by atoms with Crippen molar-refractivity contribution in [3.05, 3.63) is 11.9 Å². The van der Waals surface area contributed by atoms with Gasteiger partial charge in [-0.1, -0.05) is 5.21 Å². The number of aromatic carboxylic acids is 1. The van der Waals surface area contributed by atoms with Crippen molar-refractivity contribution >= 4 is 12.0 Å². The Morgan fingerprint density at radius 1 is 1.48 bits per heavy atom. The first-order valence-corrected chi connectivity index (χ1v) is 6.55. The predicted molar refractivity (Wildman–Crippen MR) is 71.9 cm³/mol. The predicted octanol–water partition coefficient (Wildman–Crippen LogP) is -0.344. The molecule has 116 valence electrons. The Bertz CT molecular complexity index is 550. The summed E-state index contributed by atoms with van der Waals surface area (Å²) in [7, 11) is 1.64. The number of carboxylic acids is 1. The number of nitrogens with zero attached hydrogens (tertiary/aromatic N) is 5. The molecular weight excluding hydrogens is 278 g/mol. The van der Waals surface area contributed by atoms with E-state index in [1.807, 2.05) is 0 Å². The number of carboxylic acid groups (broad SMARTS) is 1. The summed E-state index contributed by atoms with van der Waals surface area (Å²) < 4.78 is 1.46. The van der Waals surface area contributed by atoms with Crippen LogP contribution in [-0.2, 0) is 0 Å². The standard InChI is InChI=1S/C12H19N5O4/c1-12(2,7-18)15(3)11(21)16-4-8(5-16)17-6-9(10(19)20)13-14-17/h6,8,18H,4-5,7H2,1-3H3,(H,19,20). The van der Waals surface area contributed by atoms with Crippen LogP contribution in [0.15, 0.2) is 6.20 Å². The molecule has 0 unspecified atom stereocenters. The molecule has 2 rings (SSSR count). The minimum Gasteiger partial charge on any atom is -0.476 e. The number of aromatic nitrogens is 3. The second-order valence-corrected chi connectivity index (χ2v) is 5.76. The normalized spacial score (nSPS) is 15.7. The SMILES string of the molecule is CN(C(=O)N1CC(n2cc(C(=O)O)nn2)C1)C(C)(C)CO. The van der Waals surface area contributed by atoms with Crippen LogP contribution in [0.25, 0.3) is 0 Å². The first-order chi connectivity index (χ1) is 9.76. The van der Waals surface area contributed by atoms with Crippen LogP contribution >= 0.6 is 0 Å². The summed E-state index contributed by atoms with van der Waals surface area (Å²) in [5.74, 6) is -1.13. The topological polar surface area (TPSA) is 112 Å². The van der Waals surface area contributed by atoms with Crippen molar-refractivity contribution in [2.75, 3.05) is 26.7 Å². The van der Waals surface area contributed by atoms with E-state index < -0.39 is 11.5 Å². The Morgan fingerprint density at radius 2 is 2.10 bits per heavy atom. The van der Waals surface area contributed by atoms with E-state index in [-0.39, 0.29) is 24.4 Å². The van der Waals surface area contributed by atoms with Crippen molar-refractivity contribution in [1.29, 1.82) is 0 Å². The van der Waals surface area contributed by atoms with Gasteiger partial charge in [0.15, 0.2) is 5.69 Å². The number of aliphatic hydroxyl groups is 1. The van der Waals surface area contributed by atoms with Crippen LogP contribution in [0.1, 0.15) is 30.4 Å². The number of aliphatic hydroxyl groups excluding tert-OH is 1. The van der Waals surface area contributed by atoms with Crippen molar-refractivity contribution in [2.45, 2.75) is 25.4 Å². The third kappa shape index (κ3) is 2.82. The molecule has 1 aromatic rings. The minimum atomic E-state index is -1.13. The fraction of sp³-hybridized carbons (Fsp3) is 0.667. The zero-order valence-electron chi connectivity index (χ0n) is 12.2. The van der Waals surface area contributed by atoms with E-state index in [0.29, 0.717) is 13.1 Å². The van der Waals surface area contributed by atoms with E-state index in [1.54, 1.807) is 25.8 Å². The smallest absolute Gasteiger partial charge is 0.358 e. The summed E-state index contributed by atoms with van der Waals surface area (Å²) in [5, 5.41) is 25.4. The zero-order valence-corrected chi connectivity index (χ0v) is 12.2. The van der Waals surface area contributed by atoms with Gasteiger partial charge in [0.05, 0.1) is 24.4 Å². The first kappa shape index (κ1) is 15.2. The van der Waals surface area contributed by atoms with Gasteiger partial charge in [-0.2, -0.15) is 0 Å². The molecule has 1 saturated heterocycles. The molecular formula is C12H19N5O4. The number of amides is 2. The number of carbonyl (C=O) groups is 2. The number of hydrogen-bond acceptors (Lipinski definition) is 5. The molecule has 1 fully saturated rings. The number of carbonyl (C=O) groups excluding carboxylic acids is 1. The lowest BCUT2D eigenvalue weighted by atomic mass is 10.0. The molecule has 0 saturated carbocycles. The molecule has 2 amide bonds. The maximum absolute atomic E-state index is 12.2. The Hall–Kier alpha value is -2.16. The van der Waals surface area contributed by atoms with E-state index in [9.17, 15) is 14.7 Å². The van der Waals surface area contributed by atoms with Crippen LogP contribution in [0.5, 0.6) is 0 Å². The Morgan fingerprint density at radius 3 is 2.57 bits per heavy atom. The summed E-state index contributed by atoms with van der Waals surface area (Å²) in [6.45, 7) is 4.30.